The third kappa shape index (κ3) is 3.31. The van der Waals surface area contributed by atoms with Crippen LogP contribution in [0.15, 0.2) is 18.2 Å². The van der Waals surface area contributed by atoms with Crippen LogP contribution < -0.4 is 5.73 Å². The van der Waals surface area contributed by atoms with Crippen LogP contribution in [0.25, 0.3) is 0 Å². The van der Waals surface area contributed by atoms with E-state index >= 15 is 0 Å². The van der Waals surface area contributed by atoms with Crippen molar-refractivity contribution >= 4 is 0 Å². The predicted molar refractivity (Wildman–Crippen MR) is 72.7 cm³/mol. The van der Waals surface area contributed by atoms with Gasteiger partial charge >= 0.3 is 0 Å². The van der Waals surface area contributed by atoms with Gasteiger partial charge in [0.05, 0.1) is 0 Å². The molecular formula is C15H22F2N2. The lowest BCUT2D eigenvalue weighted by atomic mass is 9.92. The fourth-order valence-corrected chi connectivity index (χ4v) is 2.89. The second-order valence-corrected chi connectivity index (χ2v) is 5.31. The molecule has 0 spiro atoms. The Hall–Kier alpha value is -1.00. The van der Waals surface area contributed by atoms with Gasteiger partial charge in [0.15, 0.2) is 11.6 Å². The lowest BCUT2D eigenvalue weighted by Gasteiger charge is -2.37. The van der Waals surface area contributed by atoms with Crippen molar-refractivity contribution in [3.05, 3.63) is 35.4 Å². The van der Waals surface area contributed by atoms with Crippen LogP contribution in [-0.2, 0) is 0 Å². The van der Waals surface area contributed by atoms with Gasteiger partial charge in [0.25, 0.3) is 0 Å². The molecule has 4 heteroatoms. The van der Waals surface area contributed by atoms with Crippen LogP contribution in [0.2, 0.25) is 0 Å². The maximum atomic E-state index is 13.3. The van der Waals surface area contributed by atoms with Crippen LogP contribution in [0.5, 0.6) is 0 Å². The van der Waals surface area contributed by atoms with E-state index in [1.807, 2.05) is 0 Å². The van der Waals surface area contributed by atoms with E-state index in [0.717, 1.165) is 37.4 Å². The Balaban J connectivity index is 2.09. The van der Waals surface area contributed by atoms with Crippen molar-refractivity contribution in [1.29, 1.82) is 0 Å². The van der Waals surface area contributed by atoms with Crippen molar-refractivity contribution in [2.75, 3.05) is 19.6 Å². The second kappa shape index (κ2) is 6.44. The molecule has 2 rings (SSSR count). The average Bonchev–Trinajstić information content (AvgIpc) is 2.44. The molecule has 1 unspecified atom stereocenters. The normalized spacial score (nSPS) is 19.6. The highest BCUT2D eigenvalue weighted by Crippen LogP contribution is 2.28. The molecule has 0 aromatic heterocycles. The molecule has 1 heterocycles. The first kappa shape index (κ1) is 14.4. The first-order valence-corrected chi connectivity index (χ1v) is 7.04. The van der Waals surface area contributed by atoms with Crippen molar-refractivity contribution in [3.8, 4) is 0 Å². The van der Waals surface area contributed by atoms with E-state index in [1.165, 1.54) is 18.6 Å². The quantitative estimate of drug-likeness (QED) is 0.909. The highest BCUT2D eigenvalue weighted by Gasteiger charge is 2.25. The number of likely N-dealkylation sites (tertiary alicyclic amines) is 1. The van der Waals surface area contributed by atoms with Gasteiger partial charge in [-0.2, -0.15) is 0 Å². The van der Waals surface area contributed by atoms with Gasteiger partial charge in [0, 0.05) is 12.6 Å². The highest BCUT2D eigenvalue weighted by molar-refractivity contribution is 5.22. The molecule has 1 aromatic rings. The first-order valence-electron chi connectivity index (χ1n) is 7.04. The summed E-state index contributed by atoms with van der Waals surface area (Å²) in [5.74, 6) is -0.803. The minimum absolute atomic E-state index is 0.00657. The Labute approximate surface area is 113 Å². The number of halogens is 2. The summed E-state index contributed by atoms with van der Waals surface area (Å²) >= 11 is 0. The van der Waals surface area contributed by atoms with E-state index in [2.05, 4.69) is 11.8 Å². The number of hydrogen-bond donors (Lipinski definition) is 1. The summed E-state index contributed by atoms with van der Waals surface area (Å²) < 4.78 is 26.3. The summed E-state index contributed by atoms with van der Waals surface area (Å²) in [4.78, 5) is 2.29. The molecule has 1 saturated heterocycles. The number of piperidine rings is 1. The van der Waals surface area contributed by atoms with Crippen molar-refractivity contribution < 1.29 is 8.78 Å². The third-order valence-corrected chi connectivity index (χ3v) is 4.22. The highest BCUT2D eigenvalue weighted by atomic mass is 19.2. The fraction of sp³-hybridized carbons (Fsp3) is 0.600. The van der Waals surface area contributed by atoms with Gasteiger partial charge in [0.2, 0.25) is 0 Å². The largest absolute Gasteiger partial charge is 0.329 e. The van der Waals surface area contributed by atoms with E-state index in [-0.39, 0.29) is 6.04 Å². The molecule has 1 aliphatic rings. The standard InChI is InChI=1S/C15H22F2N2/c1-2-11-5-7-19(8-6-11)15(10-18)12-3-4-13(16)14(17)9-12/h3-4,9,11,15H,2,5-8,10,18H2,1H3. The summed E-state index contributed by atoms with van der Waals surface area (Å²) in [5.41, 5.74) is 6.61. The molecule has 0 radical (unpaired) electrons. The number of benzene rings is 1. The first-order chi connectivity index (χ1) is 9.15. The SMILES string of the molecule is CCC1CCN(C(CN)c2ccc(F)c(F)c2)CC1. The van der Waals surface area contributed by atoms with E-state index in [0.29, 0.717) is 6.54 Å². The Kier molecular flexibility index (Phi) is 4.88. The van der Waals surface area contributed by atoms with Gasteiger partial charge in [-0.15, -0.1) is 0 Å². The summed E-state index contributed by atoms with van der Waals surface area (Å²) in [5, 5.41) is 0. The maximum Gasteiger partial charge on any atom is 0.159 e. The Morgan fingerprint density at radius 3 is 2.47 bits per heavy atom. The number of rotatable bonds is 4. The molecule has 1 aromatic carbocycles. The number of nitrogens with zero attached hydrogens (tertiary/aromatic N) is 1. The molecule has 1 fully saturated rings. The summed E-state index contributed by atoms with van der Waals surface area (Å²) in [7, 11) is 0. The molecule has 0 amide bonds. The fourth-order valence-electron chi connectivity index (χ4n) is 2.89. The Morgan fingerprint density at radius 1 is 1.26 bits per heavy atom. The van der Waals surface area contributed by atoms with Gasteiger partial charge in [0.1, 0.15) is 0 Å². The topological polar surface area (TPSA) is 29.3 Å². The van der Waals surface area contributed by atoms with Crippen molar-refractivity contribution in [2.45, 2.75) is 32.2 Å². The van der Waals surface area contributed by atoms with Crippen LogP contribution >= 0.6 is 0 Å². The molecule has 0 aliphatic carbocycles. The van der Waals surface area contributed by atoms with E-state index < -0.39 is 11.6 Å². The maximum absolute atomic E-state index is 13.3. The van der Waals surface area contributed by atoms with Crippen molar-refractivity contribution in [2.24, 2.45) is 11.7 Å². The van der Waals surface area contributed by atoms with Gasteiger partial charge < -0.3 is 5.73 Å². The number of nitrogens with two attached hydrogens (primary N) is 1. The zero-order valence-corrected chi connectivity index (χ0v) is 11.4. The predicted octanol–water partition coefficient (Wildman–Crippen LogP) is 3.09. The van der Waals surface area contributed by atoms with Crippen LogP contribution in [0.1, 0.15) is 37.8 Å². The van der Waals surface area contributed by atoms with E-state index in [1.54, 1.807) is 6.07 Å². The van der Waals surface area contributed by atoms with Crippen LogP contribution in [0.3, 0.4) is 0 Å². The summed E-state index contributed by atoms with van der Waals surface area (Å²) in [6, 6.07) is 4.10. The van der Waals surface area contributed by atoms with E-state index in [4.69, 9.17) is 5.73 Å². The van der Waals surface area contributed by atoms with Gasteiger partial charge in [-0.3, -0.25) is 4.90 Å². The molecule has 0 bridgehead atoms. The van der Waals surface area contributed by atoms with Gasteiger partial charge in [-0.25, -0.2) is 8.78 Å². The minimum Gasteiger partial charge on any atom is -0.329 e. The summed E-state index contributed by atoms with van der Waals surface area (Å²) in [6.07, 6.45) is 3.54. The molecule has 19 heavy (non-hydrogen) atoms. The molecule has 1 atom stereocenters. The van der Waals surface area contributed by atoms with Crippen molar-refractivity contribution in [1.82, 2.24) is 4.90 Å². The van der Waals surface area contributed by atoms with Crippen LogP contribution in [0, 0.1) is 17.6 Å². The smallest absolute Gasteiger partial charge is 0.159 e. The molecular weight excluding hydrogens is 246 g/mol. The monoisotopic (exact) mass is 268 g/mol. The van der Waals surface area contributed by atoms with Gasteiger partial charge in [-0.05, 0) is 49.5 Å². The average molecular weight is 268 g/mol. The summed E-state index contributed by atoms with van der Waals surface area (Å²) in [6.45, 7) is 4.62. The molecule has 0 saturated carbocycles. The molecule has 2 nitrogen and oxygen atoms in total. The van der Waals surface area contributed by atoms with E-state index in [9.17, 15) is 8.78 Å². The van der Waals surface area contributed by atoms with Crippen LogP contribution in [0.4, 0.5) is 8.78 Å². The zero-order valence-electron chi connectivity index (χ0n) is 11.4. The second-order valence-electron chi connectivity index (χ2n) is 5.31. The molecule has 2 N–H and O–H groups in total. The van der Waals surface area contributed by atoms with Crippen molar-refractivity contribution in [3.63, 3.8) is 0 Å². The zero-order chi connectivity index (χ0) is 13.8. The van der Waals surface area contributed by atoms with Crippen LogP contribution in [-0.4, -0.2) is 24.5 Å². The molecule has 106 valence electrons. The lowest BCUT2D eigenvalue weighted by Crippen LogP contribution is -2.39. The Bertz CT molecular complexity index is 415. The Morgan fingerprint density at radius 2 is 1.95 bits per heavy atom. The lowest BCUT2D eigenvalue weighted by molar-refractivity contribution is 0.133. The molecule has 1 aliphatic heterocycles. The van der Waals surface area contributed by atoms with Gasteiger partial charge in [-0.1, -0.05) is 19.4 Å². The minimum atomic E-state index is -0.802. The third-order valence-electron chi connectivity index (χ3n) is 4.22. The number of hydrogen-bond acceptors (Lipinski definition) is 2.